The number of rotatable bonds is 17. The Labute approximate surface area is 159 Å². The van der Waals surface area contributed by atoms with Crippen LogP contribution in [0.25, 0.3) is 0 Å². The summed E-state index contributed by atoms with van der Waals surface area (Å²) in [5.41, 5.74) is 0. The summed E-state index contributed by atoms with van der Waals surface area (Å²) in [7, 11) is -2.03. The van der Waals surface area contributed by atoms with Crippen LogP contribution >= 0.6 is 0 Å². The standard InChI is InChI=1S/C21H45NO2Si/c1-4-7-8-9-10-11-12-13-14-15-16-17-19-22-20-18-21-25(22,23-5-2)24-6-3/h4-21H2,1-3H3. The topological polar surface area (TPSA) is 21.7 Å². The molecule has 150 valence electrons. The summed E-state index contributed by atoms with van der Waals surface area (Å²) in [6, 6.07) is 1.16. The van der Waals surface area contributed by atoms with Crippen molar-refractivity contribution in [3.8, 4) is 0 Å². The minimum atomic E-state index is -2.03. The zero-order chi connectivity index (χ0) is 18.2. The Morgan fingerprint density at radius 1 is 0.680 bits per heavy atom. The van der Waals surface area contributed by atoms with Gasteiger partial charge in [-0.05, 0) is 39.8 Å². The number of nitrogens with zero attached hydrogens (tertiary/aromatic N) is 1. The Hall–Kier alpha value is 0.0969. The van der Waals surface area contributed by atoms with Crippen molar-refractivity contribution >= 4 is 8.72 Å². The molecule has 1 heterocycles. The Morgan fingerprint density at radius 3 is 1.64 bits per heavy atom. The summed E-state index contributed by atoms with van der Waals surface area (Å²) >= 11 is 0. The van der Waals surface area contributed by atoms with Crippen molar-refractivity contribution in [3.05, 3.63) is 0 Å². The van der Waals surface area contributed by atoms with Crippen LogP contribution in [0.1, 0.15) is 104 Å². The van der Waals surface area contributed by atoms with Gasteiger partial charge in [0.25, 0.3) is 0 Å². The zero-order valence-corrected chi connectivity index (χ0v) is 18.5. The molecule has 0 aliphatic carbocycles. The average Bonchev–Trinajstić information content (AvgIpc) is 2.99. The number of hydrogen-bond acceptors (Lipinski definition) is 3. The quantitative estimate of drug-likeness (QED) is 0.218. The maximum Gasteiger partial charge on any atom is 0.427 e. The molecule has 0 bridgehead atoms. The van der Waals surface area contributed by atoms with Gasteiger partial charge in [-0.1, -0.05) is 77.6 Å². The lowest BCUT2D eigenvalue weighted by Gasteiger charge is -2.34. The molecule has 0 aromatic heterocycles. The van der Waals surface area contributed by atoms with Crippen molar-refractivity contribution in [2.24, 2.45) is 0 Å². The molecule has 25 heavy (non-hydrogen) atoms. The van der Waals surface area contributed by atoms with Crippen molar-refractivity contribution in [3.63, 3.8) is 0 Å². The van der Waals surface area contributed by atoms with Gasteiger partial charge in [0.15, 0.2) is 0 Å². The first kappa shape index (κ1) is 23.1. The summed E-state index contributed by atoms with van der Waals surface area (Å²) in [5.74, 6) is 0. The van der Waals surface area contributed by atoms with Crippen LogP contribution in [0, 0.1) is 0 Å². The molecule has 0 aromatic rings. The van der Waals surface area contributed by atoms with Gasteiger partial charge in [-0.2, -0.15) is 0 Å². The molecule has 0 unspecified atom stereocenters. The molecule has 0 spiro atoms. The van der Waals surface area contributed by atoms with E-state index in [1.54, 1.807) is 0 Å². The van der Waals surface area contributed by atoms with Gasteiger partial charge in [-0.15, -0.1) is 0 Å². The lowest BCUT2D eigenvalue weighted by molar-refractivity contribution is 0.135. The van der Waals surface area contributed by atoms with Gasteiger partial charge in [0, 0.05) is 19.3 Å². The summed E-state index contributed by atoms with van der Waals surface area (Å²) in [6.45, 7) is 10.5. The lowest BCUT2D eigenvalue weighted by Crippen LogP contribution is -2.54. The fourth-order valence-electron chi connectivity index (χ4n) is 4.07. The molecule has 0 saturated carbocycles. The molecule has 1 aliphatic rings. The fourth-order valence-corrected chi connectivity index (χ4v) is 7.63. The Bertz CT molecular complexity index is 296. The molecule has 0 amide bonds. The van der Waals surface area contributed by atoms with E-state index in [0.717, 1.165) is 19.3 Å². The largest absolute Gasteiger partial charge is 0.427 e. The van der Waals surface area contributed by atoms with E-state index in [0.29, 0.717) is 0 Å². The summed E-state index contributed by atoms with van der Waals surface area (Å²) < 4.78 is 14.9. The molecule has 1 rings (SSSR count). The van der Waals surface area contributed by atoms with E-state index in [1.165, 1.54) is 96.6 Å². The molecular formula is C21H45NO2Si. The number of hydrogen-bond donors (Lipinski definition) is 0. The van der Waals surface area contributed by atoms with E-state index in [2.05, 4.69) is 25.3 Å². The third kappa shape index (κ3) is 9.55. The molecule has 4 heteroatoms. The van der Waals surface area contributed by atoms with Gasteiger partial charge in [0.2, 0.25) is 0 Å². The zero-order valence-electron chi connectivity index (χ0n) is 17.5. The second-order valence-electron chi connectivity index (χ2n) is 7.56. The molecule has 1 aliphatic heterocycles. The second kappa shape index (κ2) is 15.2. The molecular weight excluding hydrogens is 326 g/mol. The number of unbranched alkanes of at least 4 members (excludes halogenated alkanes) is 11. The maximum absolute atomic E-state index is 6.14. The first-order valence-corrected chi connectivity index (χ1v) is 13.3. The van der Waals surface area contributed by atoms with E-state index in [-0.39, 0.29) is 0 Å². The van der Waals surface area contributed by atoms with Crippen molar-refractivity contribution < 1.29 is 8.85 Å². The Balaban J connectivity index is 2.00. The summed E-state index contributed by atoms with van der Waals surface area (Å²) in [5, 5.41) is 0. The highest BCUT2D eigenvalue weighted by molar-refractivity contribution is 6.65. The van der Waals surface area contributed by atoms with Crippen molar-refractivity contribution in [1.82, 2.24) is 4.57 Å². The van der Waals surface area contributed by atoms with Crippen LogP contribution in [0.15, 0.2) is 0 Å². The van der Waals surface area contributed by atoms with Crippen molar-refractivity contribution in [2.45, 2.75) is 110 Å². The van der Waals surface area contributed by atoms with Gasteiger partial charge in [0.05, 0.1) is 0 Å². The lowest BCUT2D eigenvalue weighted by atomic mass is 10.1. The monoisotopic (exact) mass is 371 g/mol. The van der Waals surface area contributed by atoms with Crippen LogP contribution in [0.4, 0.5) is 0 Å². The van der Waals surface area contributed by atoms with E-state index < -0.39 is 8.72 Å². The van der Waals surface area contributed by atoms with E-state index >= 15 is 0 Å². The molecule has 1 fully saturated rings. The molecule has 0 aromatic carbocycles. The van der Waals surface area contributed by atoms with Gasteiger partial charge in [-0.25, -0.2) is 0 Å². The first-order chi connectivity index (χ1) is 12.3. The van der Waals surface area contributed by atoms with Crippen molar-refractivity contribution in [1.29, 1.82) is 0 Å². The Kier molecular flexibility index (Phi) is 14.1. The van der Waals surface area contributed by atoms with Crippen LogP contribution in [-0.4, -0.2) is 39.6 Å². The molecule has 0 atom stereocenters. The molecule has 0 radical (unpaired) electrons. The second-order valence-corrected chi connectivity index (χ2v) is 10.7. The average molecular weight is 372 g/mol. The van der Waals surface area contributed by atoms with Gasteiger partial charge in [-0.3, -0.25) is 4.57 Å². The normalized spacial score (nSPS) is 17.4. The summed E-state index contributed by atoms with van der Waals surface area (Å²) in [6.07, 6.45) is 18.2. The fraction of sp³-hybridized carbons (Fsp3) is 1.00. The molecule has 0 N–H and O–H groups in total. The van der Waals surface area contributed by atoms with E-state index in [9.17, 15) is 0 Å². The highest BCUT2D eigenvalue weighted by atomic mass is 28.4. The predicted octanol–water partition coefficient (Wildman–Crippen LogP) is 6.41. The van der Waals surface area contributed by atoms with Gasteiger partial charge >= 0.3 is 8.72 Å². The van der Waals surface area contributed by atoms with Gasteiger partial charge < -0.3 is 8.85 Å². The highest BCUT2D eigenvalue weighted by Gasteiger charge is 2.48. The van der Waals surface area contributed by atoms with Crippen LogP contribution in [-0.2, 0) is 8.85 Å². The smallest absolute Gasteiger partial charge is 0.383 e. The maximum atomic E-state index is 6.14. The van der Waals surface area contributed by atoms with Crippen LogP contribution in [0.3, 0.4) is 0 Å². The third-order valence-corrected chi connectivity index (χ3v) is 9.30. The molecule has 1 saturated heterocycles. The van der Waals surface area contributed by atoms with Crippen molar-refractivity contribution in [2.75, 3.05) is 26.3 Å². The van der Waals surface area contributed by atoms with Crippen LogP contribution in [0.2, 0.25) is 6.04 Å². The third-order valence-electron chi connectivity index (χ3n) is 5.42. The minimum absolute atomic E-state index is 0.793. The van der Waals surface area contributed by atoms with Crippen LogP contribution < -0.4 is 0 Å². The summed E-state index contributed by atoms with van der Waals surface area (Å²) in [4.78, 5) is 0. The van der Waals surface area contributed by atoms with E-state index in [1.807, 2.05) is 0 Å². The predicted molar refractivity (Wildman–Crippen MR) is 111 cm³/mol. The van der Waals surface area contributed by atoms with E-state index in [4.69, 9.17) is 8.85 Å². The first-order valence-electron chi connectivity index (χ1n) is 11.3. The SMILES string of the molecule is CCCCCCCCCCCCCCN1CCC[Si]1(OCC)OCC. The minimum Gasteiger partial charge on any atom is -0.383 e. The highest BCUT2D eigenvalue weighted by Crippen LogP contribution is 2.28. The Morgan fingerprint density at radius 2 is 1.16 bits per heavy atom. The molecule has 3 nitrogen and oxygen atoms in total. The van der Waals surface area contributed by atoms with Gasteiger partial charge in [0.1, 0.15) is 0 Å². The van der Waals surface area contributed by atoms with Crippen LogP contribution in [0.5, 0.6) is 0 Å².